The SMILES string of the molecule is CC(C)(C)OC(=O)N[C@H]1C[C@H](COCCOCCOCCO)C1. The largest absolute Gasteiger partial charge is 0.444 e. The second-order valence-electron chi connectivity index (χ2n) is 6.70. The van der Waals surface area contributed by atoms with Crippen molar-refractivity contribution < 1.29 is 28.8 Å². The summed E-state index contributed by atoms with van der Waals surface area (Å²) in [6, 6.07) is 0.193. The van der Waals surface area contributed by atoms with Gasteiger partial charge in [-0.1, -0.05) is 0 Å². The van der Waals surface area contributed by atoms with Crippen molar-refractivity contribution in [3.8, 4) is 0 Å². The molecule has 1 aliphatic carbocycles. The van der Waals surface area contributed by atoms with Gasteiger partial charge in [0.1, 0.15) is 5.60 Å². The Morgan fingerprint density at radius 3 is 2.17 bits per heavy atom. The molecule has 0 aromatic carbocycles. The highest BCUT2D eigenvalue weighted by Crippen LogP contribution is 2.27. The van der Waals surface area contributed by atoms with Gasteiger partial charge in [0.15, 0.2) is 0 Å². The van der Waals surface area contributed by atoms with E-state index in [1.165, 1.54) is 0 Å². The van der Waals surface area contributed by atoms with Crippen LogP contribution in [0.4, 0.5) is 4.79 Å². The number of alkyl carbamates (subject to hydrolysis) is 1. The third-order valence-corrected chi connectivity index (χ3v) is 3.29. The van der Waals surface area contributed by atoms with Gasteiger partial charge in [0.2, 0.25) is 0 Å². The van der Waals surface area contributed by atoms with E-state index in [9.17, 15) is 4.79 Å². The van der Waals surface area contributed by atoms with Crippen LogP contribution in [0.2, 0.25) is 0 Å². The molecule has 1 fully saturated rings. The zero-order valence-corrected chi connectivity index (χ0v) is 14.5. The second-order valence-corrected chi connectivity index (χ2v) is 6.70. The lowest BCUT2D eigenvalue weighted by molar-refractivity contribution is -0.00853. The molecule has 0 aromatic rings. The lowest BCUT2D eigenvalue weighted by atomic mass is 9.81. The summed E-state index contributed by atoms with van der Waals surface area (Å²) in [5.74, 6) is 0.489. The Bertz CT molecular complexity index is 325. The van der Waals surface area contributed by atoms with Crippen LogP contribution in [0.25, 0.3) is 0 Å². The van der Waals surface area contributed by atoms with Crippen LogP contribution in [0.1, 0.15) is 33.6 Å². The number of hydrogen-bond acceptors (Lipinski definition) is 6. The second kappa shape index (κ2) is 10.8. The summed E-state index contributed by atoms with van der Waals surface area (Å²) in [7, 11) is 0. The van der Waals surface area contributed by atoms with Crippen LogP contribution in [-0.2, 0) is 18.9 Å². The van der Waals surface area contributed by atoms with E-state index in [-0.39, 0.29) is 18.7 Å². The van der Waals surface area contributed by atoms with Crippen molar-refractivity contribution in [3.63, 3.8) is 0 Å². The molecule has 7 heteroatoms. The molecule has 0 heterocycles. The Morgan fingerprint density at radius 2 is 1.61 bits per heavy atom. The number of nitrogens with one attached hydrogen (secondary N) is 1. The van der Waals surface area contributed by atoms with Crippen LogP contribution < -0.4 is 5.32 Å². The molecule has 23 heavy (non-hydrogen) atoms. The van der Waals surface area contributed by atoms with Gasteiger partial charge in [-0.3, -0.25) is 0 Å². The molecule has 136 valence electrons. The van der Waals surface area contributed by atoms with Gasteiger partial charge in [-0.05, 0) is 39.5 Å². The minimum atomic E-state index is -0.459. The Morgan fingerprint density at radius 1 is 1.04 bits per heavy atom. The average Bonchev–Trinajstić information content (AvgIpc) is 2.40. The Labute approximate surface area is 138 Å². The van der Waals surface area contributed by atoms with Crippen molar-refractivity contribution in [1.82, 2.24) is 5.32 Å². The highest BCUT2D eigenvalue weighted by Gasteiger charge is 2.31. The zero-order valence-electron chi connectivity index (χ0n) is 14.5. The Balaban J connectivity index is 1.88. The fourth-order valence-corrected chi connectivity index (χ4v) is 2.22. The van der Waals surface area contributed by atoms with E-state index in [2.05, 4.69) is 5.32 Å². The first-order valence-electron chi connectivity index (χ1n) is 8.24. The fourth-order valence-electron chi connectivity index (χ4n) is 2.22. The van der Waals surface area contributed by atoms with Crippen LogP contribution in [0.3, 0.4) is 0 Å². The molecule has 7 nitrogen and oxygen atoms in total. The van der Waals surface area contributed by atoms with E-state index in [4.69, 9.17) is 24.1 Å². The monoisotopic (exact) mass is 333 g/mol. The summed E-state index contributed by atoms with van der Waals surface area (Å²) in [5, 5.41) is 11.4. The number of aliphatic hydroxyl groups is 1. The first kappa shape index (κ1) is 20.2. The van der Waals surface area contributed by atoms with Crippen molar-refractivity contribution in [3.05, 3.63) is 0 Å². The number of amides is 1. The molecule has 1 rings (SSSR count). The molecule has 1 amide bonds. The number of carbonyl (C=O) groups excluding carboxylic acids is 1. The molecular formula is C16H31NO6. The maximum Gasteiger partial charge on any atom is 0.407 e. The van der Waals surface area contributed by atoms with Gasteiger partial charge >= 0.3 is 6.09 Å². The van der Waals surface area contributed by atoms with Crippen molar-refractivity contribution in [2.75, 3.05) is 46.2 Å². The van der Waals surface area contributed by atoms with E-state index in [0.29, 0.717) is 45.6 Å². The molecule has 2 N–H and O–H groups in total. The zero-order chi connectivity index (χ0) is 17.1. The third-order valence-electron chi connectivity index (χ3n) is 3.29. The van der Waals surface area contributed by atoms with Gasteiger partial charge in [-0.2, -0.15) is 0 Å². The van der Waals surface area contributed by atoms with E-state index in [1.807, 2.05) is 20.8 Å². The van der Waals surface area contributed by atoms with Gasteiger partial charge in [-0.25, -0.2) is 4.79 Å². The van der Waals surface area contributed by atoms with Crippen molar-refractivity contribution in [1.29, 1.82) is 0 Å². The predicted molar refractivity (Wildman–Crippen MR) is 85.4 cm³/mol. The quantitative estimate of drug-likeness (QED) is 0.555. The summed E-state index contributed by atoms with van der Waals surface area (Å²) >= 11 is 0. The van der Waals surface area contributed by atoms with Crippen molar-refractivity contribution in [2.45, 2.75) is 45.3 Å². The smallest absolute Gasteiger partial charge is 0.407 e. The maximum absolute atomic E-state index is 11.6. The molecular weight excluding hydrogens is 302 g/mol. The number of carbonyl (C=O) groups is 1. The van der Waals surface area contributed by atoms with Crippen LogP contribution in [0.15, 0.2) is 0 Å². The number of hydrogen-bond donors (Lipinski definition) is 2. The van der Waals surface area contributed by atoms with E-state index < -0.39 is 5.60 Å². The molecule has 0 saturated heterocycles. The maximum atomic E-state index is 11.6. The van der Waals surface area contributed by atoms with Gasteiger partial charge in [0, 0.05) is 12.6 Å². The minimum absolute atomic E-state index is 0.0360. The van der Waals surface area contributed by atoms with Crippen LogP contribution >= 0.6 is 0 Å². The third kappa shape index (κ3) is 10.5. The standard InChI is InChI=1S/C16H31NO6/c1-16(2,3)23-15(19)17-14-10-13(11-14)12-22-9-8-21-7-6-20-5-4-18/h13-14,18H,4-12H2,1-3H3,(H,17,19)/t13-,14-. The molecule has 0 aromatic heterocycles. The Hall–Kier alpha value is -0.890. The predicted octanol–water partition coefficient (Wildman–Crippen LogP) is 1.33. The molecule has 0 aliphatic heterocycles. The van der Waals surface area contributed by atoms with Gasteiger partial charge in [0.05, 0.1) is 39.6 Å². The number of ether oxygens (including phenoxy) is 4. The van der Waals surface area contributed by atoms with Gasteiger partial charge in [-0.15, -0.1) is 0 Å². The first-order valence-corrected chi connectivity index (χ1v) is 8.24. The molecule has 0 bridgehead atoms. The van der Waals surface area contributed by atoms with Crippen LogP contribution in [-0.4, -0.2) is 69.1 Å². The molecule has 1 saturated carbocycles. The molecule has 0 radical (unpaired) electrons. The molecule has 0 atom stereocenters. The molecule has 0 spiro atoms. The van der Waals surface area contributed by atoms with Gasteiger partial charge < -0.3 is 29.4 Å². The lowest BCUT2D eigenvalue weighted by Crippen LogP contribution is -2.47. The summed E-state index contributed by atoms with van der Waals surface area (Å²) in [6.07, 6.45) is 1.50. The molecule has 0 unspecified atom stereocenters. The van der Waals surface area contributed by atoms with E-state index in [1.54, 1.807) is 0 Å². The summed E-state index contributed by atoms with van der Waals surface area (Å²) < 4.78 is 21.2. The average molecular weight is 333 g/mol. The lowest BCUT2D eigenvalue weighted by Gasteiger charge is -2.35. The number of aliphatic hydroxyl groups excluding tert-OH is 1. The highest BCUT2D eigenvalue weighted by atomic mass is 16.6. The molecule has 1 aliphatic rings. The van der Waals surface area contributed by atoms with E-state index >= 15 is 0 Å². The first-order chi connectivity index (χ1) is 10.9. The minimum Gasteiger partial charge on any atom is -0.444 e. The normalized spacial score (nSPS) is 20.9. The summed E-state index contributed by atoms with van der Waals surface area (Å²) in [4.78, 5) is 11.6. The topological polar surface area (TPSA) is 86.3 Å². The van der Waals surface area contributed by atoms with Crippen molar-refractivity contribution in [2.24, 2.45) is 5.92 Å². The highest BCUT2D eigenvalue weighted by molar-refractivity contribution is 5.68. The van der Waals surface area contributed by atoms with Crippen LogP contribution in [0, 0.1) is 5.92 Å². The summed E-state index contributed by atoms with van der Waals surface area (Å²) in [5.41, 5.74) is -0.459. The van der Waals surface area contributed by atoms with E-state index in [0.717, 1.165) is 12.8 Å². The van der Waals surface area contributed by atoms with Gasteiger partial charge in [0.25, 0.3) is 0 Å². The Kier molecular flexibility index (Phi) is 9.47. The fraction of sp³-hybridized carbons (Fsp3) is 0.938. The number of rotatable bonds is 11. The van der Waals surface area contributed by atoms with Crippen molar-refractivity contribution >= 4 is 6.09 Å². The summed E-state index contributed by atoms with van der Waals surface area (Å²) in [6.45, 7) is 8.72. The van der Waals surface area contributed by atoms with Crippen LogP contribution in [0.5, 0.6) is 0 Å².